The lowest BCUT2D eigenvalue weighted by Crippen LogP contribution is -2.49. The Morgan fingerprint density at radius 3 is 2.08 bits per heavy atom. The van der Waals surface area contributed by atoms with Crippen LogP contribution in [0.5, 0.6) is 5.75 Å². The van der Waals surface area contributed by atoms with Crippen LogP contribution < -0.4 is 4.74 Å². The zero-order chi connectivity index (χ0) is 25.2. The quantitative estimate of drug-likeness (QED) is 0.487. The fourth-order valence-corrected chi connectivity index (χ4v) is 5.57. The maximum Gasteiger partial charge on any atom is 0.174 e. The Labute approximate surface area is 212 Å². The molecule has 0 saturated carbocycles. The van der Waals surface area contributed by atoms with Crippen LogP contribution in [-0.2, 0) is 0 Å². The smallest absolute Gasteiger partial charge is 0.174 e. The van der Waals surface area contributed by atoms with Crippen LogP contribution in [0.3, 0.4) is 0 Å². The van der Waals surface area contributed by atoms with Crippen molar-refractivity contribution in [2.45, 2.75) is 26.4 Å². The van der Waals surface area contributed by atoms with Gasteiger partial charge in [0.25, 0.3) is 0 Å². The van der Waals surface area contributed by atoms with E-state index in [2.05, 4.69) is 15.9 Å². The maximum atomic E-state index is 13.2. The number of hydrogen-bond acceptors (Lipinski definition) is 6. The summed E-state index contributed by atoms with van der Waals surface area (Å²) in [7, 11) is 0. The molecule has 1 atom stereocenters. The SMILES string of the molecule is Cc1cc(C)cc(OCC(O)CN2CCN(CCC3C(=O)c4cccc5cccc(c45)C3=O)CC2)c1. The highest BCUT2D eigenvalue weighted by Gasteiger charge is 2.35. The second-order valence-corrected chi connectivity index (χ2v) is 10.2. The van der Waals surface area contributed by atoms with E-state index in [4.69, 9.17) is 4.74 Å². The van der Waals surface area contributed by atoms with E-state index in [-0.39, 0.29) is 18.2 Å². The number of Topliss-reactive ketones (excluding diaryl/α,β-unsaturated/α-hetero) is 2. The molecule has 2 aliphatic rings. The van der Waals surface area contributed by atoms with Gasteiger partial charge in [0.15, 0.2) is 11.6 Å². The molecule has 6 heteroatoms. The number of benzene rings is 3. The summed E-state index contributed by atoms with van der Waals surface area (Å²) in [5.41, 5.74) is 3.64. The van der Waals surface area contributed by atoms with Gasteiger partial charge in [-0.15, -0.1) is 0 Å². The van der Waals surface area contributed by atoms with Gasteiger partial charge in [-0.3, -0.25) is 14.5 Å². The number of aryl methyl sites for hydroxylation is 2. The van der Waals surface area contributed by atoms with Crippen LogP contribution in [0.25, 0.3) is 10.8 Å². The largest absolute Gasteiger partial charge is 0.491 e. The summed E-state index contributed by atoms with van der Waals surface area (Å²) in [6.45, 7) is 9.02. The summed E-state index contributed by atoms with van der Waals surface area (Å²) < 4.78 is 5.81. The van der Waals surface area contributed by atoms with Gasteiger partial charge in [0.05, 0.1) is 5.92 Å². The number of carbonyl (C=O) groups excluding carboxylic acids is 2. The fraction of sp³-hybridized carbons (Fsp3) is 0.400. The molecule has 0 amide bonds. The summed E-state index contributed by atoms with van der Waals surface area (Å²) in [5.74, 6) is 0.0968. The van der Waals surface area contributed by atoms with Gasteiger partial charge in [0.1, 0.15) is 18.5 Å². The van der Waals surface area contributed by atoms with Gasteiger partial charge >= 0.3 is 0 Å². The van der Waals surface area contributed by atoms with Gasteiger partial charge in [-0.1, -0.05) is 42.5 Å². The molecule has 0 aromatic heterocycles. The molecule has 6 nitrogen and oxygen atoms in total. The molecule has 36 heavy (non-hydrogen) atoms. The van der Waals surface area contributed by atoms with Crippen LogP contribution >= 0.6 is 0 Å². The predicted molar refractivity (Wildman–Crippen MR) is 141 cm³/mol. The first-order chi connectivity index (χ1) is 17.4. The van der Waals surface area contributed by atoms with Crippen molar-refractivity contribution in [2.24, 2.45) is 5.92 Å². The van der Waals surface area contributed by atoms with Crippen molar-refractivity contribution in [3.63, 3.8) is 0 Å². The second kappa shape index (κ2) is 10.5. The van der Waals surface area contributed by atoms with Gasteiger partial charge in [-0.25, -0.2) is 0 Å². The Morgan fingerprint density at radius 1 is 0.889 bits per heavy atom. The molecule has 1 saturated heterocycles. The van der Waals surface area contributed by atoms with E-state index in [1.54, 1.807) is 0 Å². The monoisotopic (exact) mass is 486 g/mol. The average Bonchev–Trinajstić information content (AvgIpc) is 2.86. The van der Waals surface area contributed by atoms with Crippen molar-refractivity contribution in [3.8, 4) is 5.75 Å². The van der Waals surface area contributed by atoms with Crippen LogP contribution in [0.1, 0.15) is 38.3 Å². The van der Waals surface area contributed by atoms with Crippen LogP contribution in [0.4, 0.5) is 0 Å². The topological polar surface area (TPSA) is 70.1 Å². The van der Waals surface area contributed by atoms with E-state index in [1.165, 1.54) is 0 Å². The van der Waals surface area contributed by atoms with E-state index in [9.17, 15) is 14.7 Å². The highest BCUT2D eigenvalue weighted by Crippen LogP contribution is 2.33. The van der Waals surface area contributed by atoms with E-state index < -0.39 is 12.0 Å². The predicted octanol–water partition coefficient (Wildman–Crippen LogP) is 3.90. The minimum atomic E-state index is -0.604. The van der Waals surface area contributed by atoms with Gasteiger partial charge in [-0.05, 0) is 55.5 Å². The molecule has 188 valence electrons. The molecule has 1 N–H and O–H groups in total. The Hall–Kier alpha value is -3.06. The van der Waals surface area contributed by atoms with E-state index in [0.717, 1.165) is 53.8 Å². The van der Waals surface area contributed by atoms with Crippen molar-refractivity contribution < 1.29 is 19.4 Å². The fourth-order valence-electron chi connectivity index (χ4n) is 5.57. The highest BCUT2D eigenvalue weighted by molar-refractivity contribution is 6.29. The Kier molecular flexibility index (Phi) is 7.19. The number of nitrogens with zero attached hydrogens (tertiary/aromatic N) is 2. The lowest BCUT2D eigenvalue weighted by molar-refractivity contribution is 0.0445. The number of aliphatic hydroxyl groups is 1. The lowest BCUT2D eigenvalue weighted by atomic mass is 9.78. The number of piperazine rings is 1. The van der Waals surface area contributed by atoms with Crippen LogP contribution in [0.2, 0.25) is 0 Å². The van der Waals surface area contributed by atoms with Crippen molar-refractivity contribution in [2.75, 3.05) is 45.9 Å². The van der Waals surface area contributed by atoms with Crippen molar-refractivity contribution in [1.82, 2.24) is 9.80 Å². The second-order valence-electron chi connectivity index (χ2n) is 10.2. The van der Waals surface area contributed by atoms with Crippen molar-refractivity contribution >= 4 is 22.3 Å². The van der Waals surface area contributed by atoms with Crippen LogP contribution in [0.15, 0.2) is 54.6 Å². The number of rotatable bonds is 8. The molecule has 0 bridgehead atoms. The third-order valence-electron chi connectivity index (χ3n) is 7.37. The third kappa shape index (κ3) is 5.21. The molecule has 1 aliphatic carbocycles. The van der Waals surface area contributed by atoms with E-state index in [0.29, 0.717) is 30.6 Å². The summed E-state index contributed by atoms with van der Waals surface area (Å²) in [4.78, 5) is 30.9. The normalized spacial score (nSPS) is 18.1. The summed E-state index contributed by atoms with van der Waals surface area (Å²) >= 11 is 0. The van der Waals surface area contributed by atoms with Crippen LogP contribution in [0, 0.1) is 19.8 Å². The first kappa shape index (κ1) is 24.6. The van der Waals surface area contributed by atoms with Crippen molar-refractivity contribution in [3.05, 3.63) is 76.9 Å². The Morgan fingerprint density at radius 2 is 1.47 bits per heavy atom. The number of hydrogen-bond donors (Lipinski definition) is 1. The third-order valence-corrected chi connectivity index (χ3v) is 7.37. The first-order valence-corrected chi connectivity index (χ1v) is 12.8. The minimum absolute atomic E-state index is 0.0464. The Bertz CT molecular complexity index is 1210. The first-order valence-electron chi connectivity index (χ1n) is 12.8. The molecule has 1 fully saturated rings. The standard InChI is InChI=1S/C30H34N2O4/c1-20-15-21(2)17-24(16-20)36-19-23(33)18-32-13-11-31(12-14-32)10-9-27-29(34)25-7-3-5-22-6-4-8-26(28(22)25)30(27)35/h3-8,15-17,23,27,33H,9-14,18-19H2,1-2H3. The molecule has 0 radical (unpaired) electrons. The van der Waals surface area contributed by atoms with E-state index >= 15 is 0 Å². The zero-order valence-electron chi connectivity index (χ0n) is 21.1. The molecule has 3 aromatic rings. The van der Waals surface area contributed by atoms with Gasteiger partial charge < -0.3 is 14.7 Å². The number of β-amino-alcohol motifs (C(OH)–C–C–N with tert-alkyl or cyclic N) is 1. The molecule has 1 unspecified atom stereocenters. The highest BCUT2D eigenvalue weighted by atomic mass is 16.5. The number of ether oxygens (including phenoxy) is 1. The summed E-state index contributed by atoms with van der Waals surface area (Å²) in [5, 5.41) is 12.2. The molecule has 1 heterocycles. The Balaban J connectivity index is 1.09. The molecule has 5 rings (SSSR count). The lowest BCUT2D eigenvalue weighted by Gasteiger charge is -2.36. The van der Waals surface area contributed by atoms with Crippen LogP contribution in [-0.4, -0.2) is 78.5 Å². The average molecular weight is 487 g/mol. The van der Waals surface area contributed by atoms with Crippen molar-refractivity contribution in [1.29, 1.82) is 0 Å². The van der Waals surface area contributed by atoms with Gasteiger partial charge in [-0.2, -0.15) is 0 Å². The summed E-state index contributed by atoms with van der Waals surface area (Å²) in [6.07, 6.45) is -0.0213. The molecular formula is C30H34N2O4. The molecule has 1 aliphatic heterocycles. The van der Waals surface area contributed by atoms with E-state index in [1.807, 2.05) is 62.4 Å². The zero-order valence-corrected chi connectivity index (χ0v) is 21.1. The maximum absolute atomic E-state index is 13.2. The number of carbonyl (C=O) groups is 2. The van der Waals surface area contributed by atoms with Gasteiger partial charge in [0.2, 0.25) is 0 Å². The molecule has 3 aromatic carbocycles. The number of aliphatic hydroxyl groups excluding tert-OH is 1. The molecular weight excluding hydrogens is 452 g/mol. The summed E-state index contributed by atoms with van der Waals surface area (Å²) in [6, 6.07) is 17.5. The van der Waals surface area contributed by atoms with Gasteiger partial charge in [0, 0.05) is 49.2 Å². The number of ketones is 2. The minimum Gasteiger partial charge on any atom is -0.491 e. The molecule has 0 spiro atoms.